The van der Waals surface area contributed by atoms with Crippen molar-refractivity contribution in [2.75, 3.05) is 0 Å². The lowest BCUT2D eigenvalue weighted by atomic mass is 9.94. The van der Waals surface area contributed by atoms with Crippen molar-refractivity contribution < 1.29 is 5.21 Å². The third-order valence-corrected chi connectivity index (χ3v) is 3.93. The Hall–Kier alpha value is -2.37. The van der Waals surface area contributed by atoms with Crippen LogP contribution >= 0.6 is 0 Å². The molecule has 2 aromatic rings. The molecule has 0 bridgehead atoms. The van der Waals surface area contributed by atoms with Crippen molar-refractivity contribution in [1.82, 2.24) is 14.5 Å². The summed E-state index contributed by atoms with van der Waals surface area (Å²) in [5.74, 6) is 1.69. The summed E-state index contributed by atoms with van der Waals surface area (Å²) in [4.78, 5) is 9.11. The zero-order valence-corrected chi connectivity index (χ0v) is 12.1. The van der Waals surface area contributed by atoms with Gasteiger partial charge in [-0.1, -0.05) is 12.1 Å². The average molecular weight is 285 g/mol. The topological polar surface area (TPSA) is 89.3 Å². The van der Waals surface area contributed by atoms with Crippen LogP contribution in [0.1, 0.15) is 42.4 Å². The van der Waals surface area contributed by atoms with Crippen molar-refractivity contribution >= 4 is 5.84 Å². The first kappa shape index (κ1) is 13.6. The first-order valence-corrected chi connectivity index (χ1v) is 7.28. The minimum atomic E-state index is 0.0848. The van der Waals surface area contributed by atoms with Crippen LogP contribution in [0, 0.1) is 0 Å². The van der Waals surface area contributed by atoms with Crippen LogP contribution in [0.2, 0.25) is 0 Å². The fourth-order valence-corrected chi connectivity index (χ4v) is 2.84. The van der Waals surface area contributed by atoms with Gasteiger partial charge in [0.05, 0.1) is 5.56 Å². The average Bonchev–Trinajstić information content (AvgIpc) is 3.01. The lowest BCUT2D eigenvalue weighted by molar-refractivity contribution is 0.318. The van der Waals surface area contributed by atoms with Crippen LogP contribution in [0.3, 0.4) is 0 Å². The Morgan fingerprint density at radius 3 is 3.00 bits per heavy atom. The minimum Gasteiger partial charge on any atom is -0.409 e. The van der Waals surface area contributed by atoms with Crippen molar-refractivity contribution in [2.45, 2.75) is 39.0 Å². The lowest BCUT2D eigenvalue weighted by Gasteiger charge is -2.19. The number of nitrogens with two attached hydrogens (primary N) is 1. The Morgan fingerprint density at radius 1 is 1.43 bits per heavy atom. The van der Waals surface area contributed by atoms with Crippen molar-refractivity contribution in [1.29, 1.82) is 0 Å². The maximum Gasteiger partial charge on any atom is 0.173 e. The molecule has 6 heteroatoms. The summed E-state index contributed by atoms with van der Waals surface area (Å²) in [6, 6.07) is 2.01. The molecular weight excluding hydrogens is 266 g/mol. The van der Waals surface area contributed by atoms with E-state index in [4.69, 9.17) is 15.9 Å². The predicted octanol–water partition coefficient (Wildman–Crippen LogP) is 1.80. The van der Waals surface area contributed by atoms with Crippen LogP contribution in [-0.4, -0.2) is 25.6 Å². The Morgan fingerprint density at radius 2 is 2.24 bits per heavy atom. The van der Waals surface area contributed by atoms with Crippen LogP contribution in [0.4, 0.5) is 0 Å². The molecule has 0 aromatic carbocycles. The summed E-state index contributed by atoms with van der Waals surface area (Å²) >= 11 is 0. The van der Waals surface area contributed by atoms with Gasteiger partial charge in [-0.3, -0.25) is 4.57 Å². The van der Waals surface area contributed by atoms with Gasteiger partial charge in [-0.25, -0.2) is 9.97 Å². The first-order valence-electron chi connectivity index (χ1n) is 7.28. The smallest absolute Gasteiger partial charge is 0.173 e. The van der Waals surface area contributed by atoms with Crippen molar-refractivity contribution in [3.8, 4) is 5.82 Å². The van der Waals surface area contributed by atoms with Crippen LogP contribution in [0.5, 0.6) is 0 Å². The lowest BCUT2D eigenvalue weighted by Crippen LogP contribution is -2.20. The van der Waals surface area contributed by atoms with E-state index in [1.807, 2.05) is 23.8 Å². The molecule has 0 amide bonds. The molecule has 110 valence electrons. The maximum absolute atomic E-state index is 9.05. The van der Waals surface area contributed by atoms with E-state index in [2.05, 4.69) is 10.1 Å². The van der Waals surface area contributed by atoms with E-state index in [0.29, 0.717) is 11.4 Å². The van der Waals surface area contributed by atoms with Crippen molar-refractivity contribution in [2.24, 2.45) is 10.9 Å². The van der Waals surface area contributed by atoms with E-state index < -0.39 is 0 Å². The molecule has 0 aliphatic heterocycles. The van der Waals surface area contributed by atoms with E-state index >= 15 is 0 Å². The third-order valence-electron chi connectivity index (χ3n) is 3.93. The van der Waals surface area contributed by atoms with Crippen molar-refractivity contribution in [3.05, 3.63) is 41.1 Å². The highest BCUT2D eigenvalue weighted by atomic mass is 16.4. The number of imidazole rings is 1. The van der Waals surface area contributed by atoms with Crippen LogP contribution in [0.15, 0.2) is 23.6 Å². The van der Waals surface area contributed by atoms with E-state index in [-0.39, 0.29) is 5.84 Å². The van der Waals surface area contributed by atoms with Crippen molar-refractivity contribution in [3.63, 3.8) is 0 Å². The van der Waals surface area contributed by atoms with Gasteiger partial charge in [-0.15, -0.1) is 0 Å². The number of fused-ring (bicyclic) bond motifs is 1. The maximum atomic E-state index is 9.05. The van der Waals surface area contributed by atoms with Gasteiger partial charge in [0.25, 0.3) is 0 Å². The molecule has 0 unspecified atom stereocenters. The third kappa shape index (κ3) is 2.37. The molecule has 2 heterocycles. The molecule has 1 aliphatic carbocycles. The molecule has 21 heavy (non-hydrogen) atoms. The largest absolute Gasteiger partial charge is 0.409 e. The monoisotopic (exact) mass is 285 g/mol. The number of nitrogens with zero attached hydrogens (tertiary/aromatic N) is 4. The summed E-state index contributed by atoms with van der Waals surface area (Å²) in [7, 11) is 0. The zero-order chi connectivity index (χ0) is 14.8. The highest BCUT2D eigenvalue weighted by molar-refractivity contribution is 6.00. The second-order valence-electron chi connectivity index (χ2n) is 5.22. The normalized spacial score (nSPS) is 15.0. The van der Waals surface area contributed by atoms with Crippen LogP contribution < -0.4 is 5.73 Å². The molecule has 0 radical (unpaired) electrons. The number of hydrogen-bond donors (Lipinski definition) is 2. The highest BCUT2D eigenvalue weighted by Gasteiger charge is 2.19. The van der Waals surface area contributed by atoms with Gasteiger partial charge >= 0.3 is 0 Å². The number of aryl methyl sites for hydroxylation is 3. The van der Waals surface area contributed by atoms with Gasteiger partial charge in [0.2, 0.25) is 0 Å². The molecule has 0 saturated heterocycles. The Bertz CT molecular complexity index is 689. The number of rotatable bonds is 3. The summed E-state index contributed by atoms with van der Waals surface area (Å²) in [6.45, 7) is 2.04. The molecule has 0 saturated carbocycles. The molecule has 3 rings (SSSR count). The SMILES string of the molecule is CCc1nccn1-c1nc2c(cc1C(N)=NO)CCCC2. The van der Waals surface area contributed by atoms with Crippen LogP contribution in [0.25, 0.3) is 5.82 Å². The van der Waals surface area contributed by atoms with Gasteiger partial charge in [-0.05, 0) is 37.3 Å². The fraction of sp³-hybridized carbons (Fsp3) is 0.400. The van der Waals surface area contributed by atoms with Gasteiger partial charge in [0, 0.05) is 24.5 Å². The molecule has 2 aromatic heterocycles. The Kier molecular flexibility index (Phi) is 3.60. The Labute approximate surface area is 123 Å². The molecule has 0 atom stereocenters. The summed E-state index contributed by atoms with van der Waals surface area (Å²) < 4.78 is 1.92. The standard InChI is InChI=1S/C15H19N5O/c1-2-13-17-7-8-20(13)15-11(14(16)19-21)9-10-5-3-4-6-12(10)18-15/h7-9,21H,2-6H2,1H3,(H2,16,19). The fourth-order valence-electron chi connectivity index (χ4n) is 2.84. The van der Waals surface area contributed by atoms with E-state index in [1.54, 1.807) is 6.20 Å². The van der Waals surface area contributed by atoms with Gasteiger partial charge in [-0.2, -0.15) is 0 Å². The second kappa shape index (κ2) is 5.55. The zero-order valence-electron chi connectivity index (χ0n) is 12.1. The van der Waals surface area contributed by atoms with Gasteiger partial charge in [0.1, 0.15) is 11.6 Å². The Balaban J connectivity index is 2.22. The van der Waals surface area contributed by atoms with Gasteiger partial charge in [0.15, 0.2) is 5.84 Å². The van der Waals surface area contributed by atoms with E-state index in [9.17, 15) is 0 Å². The quantitative estimate of drug-likeness (QED) is 0.389. The summed E-state index contributed by atoms with van der Waals surface area (Å²) in [5, 5.41) is 12.2. The summed E-state index contributed by atoms with van der Waals surface area (Å²) in [5.41, 5.74) is 8.82. The molecule has 3 N–H and O–H groups in total. The number of pyridine rings is 1. The number of hydrogen-bond acceptors (Lipinski definition) is 4. The molecule has 6 nitrogen and oxygen atoms in total. The first-order chi connectivity index (χ1) is 10.2. The molecule has 1 aliphatic rings. The van der Waals surface area contributed by atoms with E-state index in [0.717, 1.165) is 43.6 Å². The highest BCUT2D eigenvalue weighted by Crippen LogP contribution is 2.24. The van der Waals surface area contributed by atoms with Gasteiger partial charge < -0.3 is 10.9 Å². The second-order valence-corrected chi connectivity index (χ2v) is 5.22. The number of aromatic nitrogens is 3. The number of amidine groups is 1. The number of oxime groups is 1. The molecule has 0 spiro atoms. The molecular formula is C15H19N5O. The summed E-state index contributed by atoms with van der Waals surface area (Å²) in [6.07, 6.45) is 8.71. The molecule has 0 fully saturated rings. The van der Waals surface area contributed by atoms with Crippen LogP contribution in [-0.2, 0) is 19.3 Å². The minimum absolute atomic E-state index is 0.0848. The van der Waals surface area contributed by atoms with E-state index in [1.165, 1.54) is 5.56 Å². The predicted molar refractivity (Wildman–Crippen MR) is 79.9 cm³/mol.